The second-order valence-electron chi connectivity index (χ2n) is 5.34. The van der Waals surface area contributed by atoms with E-state index in [9.17, 15) is 18.0 Å². The van der Waals surface area contributed by atoms with E-state index in [1.54, 1.807) is 24.3 Å². The van der Waals surface area contributed by atoms with Crippen molar-refractivity contribution in [1.29, 1.82) is 0 Å². The van der Waals surface area contributed by atoms with Crippen LogP contribution < -0.4 is 10.6 Å². The summed E-state index contributed by atoms with van der Waals surface area (Å²) >= 11 is 0. The minimum absolute atomic E-state index is 0.00909. The van der Waals surface area contributed by atoms with Gasteiger partial charge in [0.25, 0.3) is 0 Å². The molecule has 0 unspecified atom stereocenters. The molecule has 1 amide bonds. The summed E-state index contributed by atoms with van der Waals surface area (Å²) in [5, 5.41) is 9.28. The number of amides is 1. The number of rotatable bonds is 5. The molecule has 0 saturated carbocycles. The lowest BCUT2D eigenvalue weighted by atomic mass is 10.1. The van der Waals surface area contributed by atoms with Crippen LogP contribution in [0.1, 0.15) is 5.56 Å². The third-order valence-electron chi connectivity index (χ3n) is 3.49. The molecule has 6 nitrogen and oxygen atoms in total. The molecule has 3 rings (SSSR count). The largest absolute Gasteiger partial charge is 0.416 e. The number of aromatic nitrogens is 3. The zero-order valence-electron chi connectivity index (χ0n) is 13.4. The molecule has 0 aliphatic rings. The van der Waals surface area contributed by atoms with Crippen LogP contribution in [0.3, 0.4) is 0 Å². The number of nitrogens with one attached hydrogen (secondary N) is 2. The quantitative estimate of drug-likeness (QED) is 0.731. The fraction of sp³-hybridized carbons (Fsp3) is 0.118. The van der Waals surface area contributed by atoms with Gasteiger partial charge in [0.2, 0.25) is 5.91 Å². The van der Waals surface area contributed by atoms with Gasteiger partial charge in [0.15, 0.2) is 0 Å². The highest BCUT2D eigenvalue weighted by atomic mass is 19.4. The number of hydrogen-bond donors (Lipinski definition) is 2. The Balaban J connectivity index is 1.81. The van der Waals surface area contributed by atoms with Crippen LogP contribution in [0.25, 0.3) is 5.69 Å². The number of carbonyl (C=O) groups is 1. The monoisotopic (exact) mass is 361 g/mol. The first kappa shape index (κ1) is 17.5. The van der Waals surface area contributed by atoms with E-state index in [-0.39, 0.29) is 17.9 Å². The highest BCUT2D eigenvalue weighted by molar-refractivity contribution is 5.95. The number of benzene rings is 2. The van der Waals surface area contributed by atoms with Gasteiger partial charge in [-0.15, -0.1) is 0 Å². The van der Waals surface area contributed by atoms with Gasteiger partial charge in [-0.1, -0.05) is 18.2 Å². The van der Waals surface area contributed by atoms with Crippen molar-refractivity contribution in [3.8, 4) is 5.69 Å². The second kappa shape index (κ2) is 7.26. The van der Waals surface area contributed by atoms with Crippen molar-refractivity contribution in [1.82, 2.24) is 14.8 Å². The van der Waals surface area contributed by atoms with Gasteiger partial charge in [-0.25, -0.2) is 9.67 Å². The molecule has 0 atom stereocenters. The van der Waals surface area contributed by atoms with E-state index in [0.29, 0.717) is 0 Å². The smallest absolute Gasteiger partial charge is 0.376 e. The van der Waals surface area contributed by atoms with Crippen molar-refractivity contribution in [2.24, 2.45) is 0 Å². The van der Waals surface area contributed by atoms with Crippen molar-refractivity contribution < 1.29 is 18.0 Å². The molecule has 0 bridgehead atoms. The lowest BCUT2D eigenvalue weighted by Gasteiger charge is -2.15. The molecule has 0 fully saturated rings. The lowest BCUT2D eigenvalue weighted by Crippen LogP contribution is -2.23. The van der Waals surface area contributed by atoms with Gasteiger partial charge in [-0.3, -0.25) is 4.79 Å². The van der Waals surface area contributed by atoms with E-state index in [4.69, 9.17) is 0 Å². The van der Waals surface area contributed by atoms with Crippen molar-refractivity contribution in [2.75, 3.05) is 17.2 Å². The molecule has 0 spiro atoms. The SMILES string of the molecule is O=C(CNc1ccccc1)Nc1cc(C(F)(F)F)ccc1-n1cncn1. The molecule has 26 heavy (non-hydrogen) atoms. The Morgan fingerprint density at radius 3 is 2.54 bits per heavy atom. The average molecular weight is 361 g/mol. The first-order chi connectivity index (χ1) is 12.4. The van der Waals surface area contributed by atoms with E-state index < -0.39 is 17.6 Å². The van der Waals surface area contributed by atoms with E-state index >= 15 is 0 Å². The van der Waals surface area contributed by atoms with Crippen molar-refractivity contribution >= 4 is 17.3 Å². The van der Waals surface area contributed by atoms with Gasteiger partial charge in [0.1, 0.15) is 12.7 Å². The number of nitrogens with zero attached hydrogens (tertiary/aromatic N) is 3. The van der Waals surface area contributed by atoms with Crippen molar-refractivity contribution in [3.05, 3.63) is 66.7 Å². The summed E-state index contributed by atoms with van der Waals surface area (Å²) in [6.07, 6.45) is -1.94. The summed E-state index contributed by atoms with van der Waals surface area (Å²) in [6, 6.07) is 12.0. The molecule has 1 aromatic heterocycles. The molecule has 0 aliphatic heterocycles. The lowest BCUT2D eigenvalue weighted by molar-refractivity contribution is -0.137. The molecule has 2 aromatic carbocycles. The Morgan fingerprint density at radius 2 is 1.88 bits per heavy atom. The van der Waals surface area contributed by atoms with E-state index in [0.717, 1.165) is 17.8 Å². The van der Waals surface area contributed by atoms with Crippen LogP contribution in [0.2, 0.25) is 0 Å². The third kappa shape index (κ3) is 4.18. The second-order valence-corrected chi connectivity index (χ2v) is 5.34. The maximum absolute atomic E-state index is 13.0. The summed E-state index contributed by atoms with van der Waals surface area (Å²) < 4.78 is 40.2. The van der Waals surface area contributed by atoms with Crippen LogP contribution in [0.15, 0.2) is 61.2 Å². The predicted octanol–water partition coefficient (Wildman–Crippen LogP) is 3.34. The Bertz CT molecular complexity index is 879. The zero-order valence-corrected chi connectivity index (χ0v) is 13.4. The molecule has 1 heterocycles. The Morgan fingerprint density at radius 1 is 1.12 bits per heavy atom. The predicted molar refractivity (Wildman–Crippen MR) is 89.9 cm³/mol. The van der Waals surface area contributed by atoms with Gasteiger partial charge in [0, 0.05) is 5.69 Å². The maximum atomic E-state index is 13.0. The van der Waals surface area contributed by atoms with Crippen LogP contribution >= 0.6 is 0 Å². The average Bonchev–Trinajstić information content (AvgIpc) is 3.14. The summed E-state index contributed by atoms with van der Waals surface area (Å²) in [4.78, 5) is 15.9. The fourth-order valence-electron chi connectivity index (χ4n) is 2.28. The summed E-state index contributed by atoms with van der Waals surface area (Å²) in [6.45, 7) is -0.100. The molecule has 134 valence electrons. The molecule has 0 aliphatic carbocycles. The third-order valence-corrected chi connectivity index (χ3v) is 3.49. The van der Waals surface area contributed by atoms with Gasteiger partial charge in [-0.2, -0.15) is 18.3 Å². The topological polar surface area (TPSA) is 71.8 Å². The number of hydrogen-bond acceptors (Lipinski definition) is 4. The maximum Gasteiger partial charge on any atom is 0.416 e. The first-order valence-corrected chi connectivity index (χ1v) is 7.58. The normalized spacial score (nSPS) is 11.2. The van der Waals surface area contributed by atoms with Gasteiger partial charge >= 0.3 is 6.18 Å². The zero-order chi connectivity index (χ0) is 18.6. The molecular weight excluding hydrogens is 347 g/mol. The molecule has 0 saturated heterocycles. The van der Waals surface area contributed by atoms with Crippen molar-refractivity contribution in [2.45, 2.75) is 6.18 Å². The molecule has 9 heteroatoms. The van der Waals surface area contributed by atoms with E-state index in [2.05, 4.69) is 20.7 Å². The van der Waals surface area contributed by atoms with Gasteiger partial charge < -0.3 is 10.6 Å². The number of anilines is 2. The van der Waals surface area contributed by atoms with Crippen LogP contribution in [-0.4, -0.2) is 27.2 Å². The Hall–Kier alpha value is -3.36. The number of halogens is 3. The van der Waals surface area contributed by atoms with Gasteiger partial charge in [-0.05, 0) is 30.3 Å². The Labute approximate surface area is 146 Å². The molecule has 2 N–H and O–H groups in total. The first-order valence-electron chi connectivity index (χ1n) is 7.58. The van der Waals surface area contributed by atoms with Crippen molar-refractivity contribution in [3.63, 3.8) is 0 Å². The highest BCUT2D eigenvalue weighted by Crippen LogP contribution is 2.33. The fourth-order valence-corrected chi connectivity index (χ4v) is 2.28. The van der Waals surface area contributed by atoms with E-state index in [1.165, 1.54) is 23.4 Å². The number of alkyl halides is 3. The highest BCUT2D eigenvalue weighted by Gasteiger charge is 2.31. The number of carbonyl (C=O) groups excluding carboxylic acids is 1. The summed E-state index contributed by atoms with van der Waals surface area (Å²) in [5.74, 6) is -0.491. The summed E-state index contributed by atoms with van der Waals surface area (Å²) in [7, 11) is 0. The van der Waals surface area contributed by atoms with Crippen LogP contribution in [-0.2, 0) is 11.0 Å². The number of para-hydroxylation sites is 1. The minimum Gasteiger partial charge on any atom is -0.376 e. The Kier molecular flexibility index (Phi) is 4.87. The van der Waals surface area contributed by atoms with Crippen LogP contribution in [0.5, 0.6) is 0 Å². The molecule has 3 aromatic rings. The van der Waals surface area contributed by atoms with Gasteiger partial charge in [0.05, 0.1) is 23.5 Å². The molecular formula is C17H14F3N5O. The molecule has 0 radical (unpaired) electrons. The summed E-state index contributed by atoms with van der Waals surface area (Å²) in [5.41, 5.74) is 0.129. The standard InChI is InChI=1S/C17H14F3N5O/c18-17(19,20)12-6-7-15(25-11-21-10-23-25)14(8-12)24-16(26)9-22-13-4-2-1-3-5-13/h1-8,10-11,22H,9H2,(H,24,26). The minimum atomic E-state index is -4.53. The van der Waals surface area contributed by atoms with Crippen LogP contribution in [0, 0.1) is 0 Å². The van der Waals surface area contributed by atoms with Crippen LogP contribution in [0.4, 0.5) is 24.5 Å². The van der Waals surface area contributed by atoms with E-state index in [1.807, 2.05) is 6.07 Å².